The Balaban J connectivity index is 1.70. The van der Waals surface area contributed by atoms with E-state index in [1.165, 1.54) is 0 Å². The van der Waals surface area contributed by atoms with E-state index in [1.54, 1.807) is 21.3 Å². The Morgan fingerprint density at radius 3 is 1.55 bits per heavy atom. The van der Waals surface area contributed by atoms with E-state index >= 15 is 0 Å². The van der Waals surface area contributed by atoms with Gasteiger partial charge in [0.1, 0.15) is 29.1 Å². The van der Waals surface area contributed by atoms with Crippen LogP contribution in [-0.4, -0.2) is 27.2 Å². The molecule has 5 heteroatoms. The minimum absolute atomic E-state index is 0.0198. The summed E-state index contributed by atoms with van der Waals surface area (Å²) >= 11 is 0. The van der Waals surface area contributed by atoms with Gasteiger partial charge in [-0.2, -0.15) is 0 Å². The molecule has 3 aromatic rings. The fraction of sp³-hybridized carbons (Fsp3) is 0.208. The molecule has 0 amide bonds. The van der Waals surface area contributed by atoms with Crippen molar-refractivity contribution in [1.29, 1.82) is 0 Å². The molecule has 0 radical (unpaired) electrons. The molecular formula is C24H24N2O3. The van der Waals surface area contributed by atoms with Crippen LogP contribution in [0.15, 0.2) is 77.8 Å². The molecule has 0 spiro atoms. The molecule has 0 saturated carbocycles. The number of nitrogens with one attached hydrogen (secondary N) is 1. The van der Waals surface area contributed by atoms with Gasteiger partial charge in [-0.25, -0.2) is 0 Å². The van der Waals surface area contributed by atoms with Crippen LogP contribution in [0.25, 0.3) is 0 Å². The maximum atomic E-state index is 5.31. The third-order valence-electron chi connectivity index (χ3n) is 5.17. The van der Waals surface area contributed by atoms with Crippen molar-refractivity contribution < 1.29 is 14.2 Å². The van der Waals surface area contributed by atoms with E-state index in [9.17, 15) is 0 Å². The van der Waals surface area contributed by atoms with E-state index in [4.69, 9.17) is 19.2 Å². The molecule has 148 valence electrons. The van der Waals surface area contributed by atoms with Crippen LogP contribution in [0, 0.1) is 0 Å². The Morgan fingerprint density at radius 2 is 1.07 bits per heavy atom. The quantitative estimate of drug-likeness (QED) is 0.673. The molecule has 0 bridgehead atoms. The number of nitrogens with zero attached hydrogens (tertiary/aromatic N) is 1. The highest BCUT2D eigenvalue weighted by Gasteiger charge is 2.31. The zero-order chi connectivity index (χ0) is 20.2. The topological polar surface area (TPSA) is 52.1 Å². The van der Waals surface area contributed by atoms with Crippen LogP contribution in [-0.2, 0) is 0 Å². The lowest BCUT2D eigenvalue weighted by molar-refractivity contribution is 0.414. The van der Waals surface area contributed by atoms with Crippen molar-refractivity contribution >= 4 is 5.84 Å². The molecule has 29 heavy (non-hydrogen) atoms. The normalized spacial score (nSPS) is 18.0. The summed E-state index contributed by atoms with van der Waals surface area (Å²) in [6.07, 6.45) is 0. The number of aliphatic imine (C=N–C) groups is 1. The van der Waals surface area contributed by atoms with E-state index in [1.807, 2.05) is 48.5 Å². The number of hydrogen-bond acceptors (Lipinski definition) is 5. The van der Waals surface area contributed by atoms with Crippen molar-refractivity contribution in [2.24, 2.45) is 4.99 Å². The number of hydrogen-bond donors (Lipinski definition) is 1. The lowest BCUT2D eigenvalue weighted by Crippen LogP contribution is -2.25. The molecule has 5 nitrogen and oxygen atoms in total. The van der Waals surface area contributed by atoms with E-state index in [2.05, 4.69) is 29.6 Å². The van der Waals surface area contributed by atoms with Crippen LogP contribution in [0.1, 0.15) is 28.8 Å². The summed E-state index contributed by atoms with van der Waals surface area (Å²) in [5, 5.41) is 3.61. The van der Waals surface area contributed by atoms with Gasteiger partial charge < -0.3 is 19.5 Å². The minimum atomic E-state index is -0.0496. The highest BCUT2D eigenvalue weighted by molar-refractivity contribution is 6.00. The molecule has 0 fully saturated rings. The van der Waals surface area contributed by atoms with E-state index in [-0.39, 0.29) is 12.1 Å². The fourth-order valence-corrected chi connectivity index (χ4v) is 3.53. The average molecular weight is 388 g/mol. The lowest BCUT2D eigenvalue weighted by atomic mass is 9.94. The Morgan fingerprint density at radius 1 is 0.621 bits per heavy atom. The summed E-state index contributed by atoms with van der Waals surface area (Å²) in [6.45, 7) is 0. The standard InChI is InChI=1S/C24H24N2O3/c1-27-19-10-4-16(5-11-19)22-23(17-6-12-20(28-2)13-7-17)26-24(25-22)18-8-14-21(29-3)15-9-18/h4-15,22-23H,1-3H3,(H,25,26)/t22-,23+. The highest BCUT2D eigenvalue weighted by atomic mass is 16.5. The van der Waals surface area contributed by atoms with Gasteiger partial charge in [0.05, 0.1) is 27.4 Å². The summed E-state index contributed by atoms with van der Waals surface area (Å²) in [4.78, 5) is 5.03. The molecule has 1 aliphatic rings. The van der Waals surface area contributed by atoms with E-state index in [0.29, 0.717) is 0 Å². The first-order chi connectivity index (χ1) is 14.2. The van der Waals surface area contributed by atoms with Crippen LogP contribution >= 0.6 is 0 Å². The summed E-state index contributed by atoms with van der Waals surface area (Å²) in [5.74, 6) is 3.36. The number of amidine groups is 1. The summed E-state index contributed by atoms with van der Waals surface area (Å²) in [5.41, 5.74) is 3.31. The maximum Gasteiger partial charge on any atom is 0.129 e. The number of benzene rings is 3. The Hall–Kier alpha value is -3.47. The van der Waals surface area contributed by atoms with Crippen LogP contribution in [0.3, 0.4) is 0 Å². The molecular weight excluding hydrogens is 364 g/mol. The zero-order valence-corrected chi connectivity index (χ0v) is 16.8. The molecule has 3 aromatic carbocycles. The molecule has 0 aliphatic carbocycles. The van der Waals surface area contributed by atoms with Gasteiger partial charge in [0.2, 0.25) is 0 Å². The first-order valence-electron chi connectivity index (χ1n) is 9.48. The highest BCUT2D eigenvalue weighted by Crippen LogP contribution is 2.38. The monoisotopic (exact) mass is 388 g/mol. The third kappa shape index (κ3) is 3.90. The second-order valence-electron chi connectivity index (χ2n) is 6.82. The van der Waals surface area contributed by atoms with Crippen molar-refractivity contribution in [3.63, 3.8) is 0 Å². The second-order valence-corrected chi connectivity index (χ2v) is 6.82. The third-order valence-corrected chi connectivity index (χ3v) is 5.17. The summed E-state index contributed by atoms with van der Waals surface area (Å²) < 4.78 is 15.9. The number of rotatable bonds is 6. The van der Waals surface area contributed by atoms with Gasteiger partial charge in [-0.3, -0.25) is 4.99 Å². The van der Waals surface area contributed by atoms with Gasteiger partial charge in [-0.05, 0) is 59.7 Å². The first kappa shape index (κ1) is 18.9. The molecule has 1 N–H and O–H groups in total. The number of methoxy groups -OCH3 is 3. The molecule has 1 heterocycles. The van der Waals surface area contributed by atoms with Gasteiger partial charge in [0, 0.05) is 5.56 Å². The Kier molecular flexibility index (Phi) is 5.38. The van der Waals surface area contributed by atoms with Crippen molar-refractivity contribution in [1.82, 2.24) is 5.32 Å². The summed E-state index contributed by atoms with van der Waals surface area (Å²) in [6, 6.07) is 24.1. The predicted octanol–water partition coefficient (Wildman–Crippen LogP) is 4.54. The van der Waals surface area contributed by atoms with Gasteiger partial charge in [-0.1, -0.05) is 24.3 Å². The van der Waals surface area contributed by atoms with Crippen molar-refractivity contribution in [2.45, 2.75) is 12.1 Å². The minimum Gasteiger partial charge on any atom is -0.497 e. The molecule has 4 rings (SSSR count). The Labute approximate surface area is 171 Å². The SMILES string of the molecule is COc1ccc(C2=N[C@@H](c3ccc(OC)cc3)[C@@H](c3ccc(OC)cc3)N2)cc1. The lowest BCUT2D eigenvalue weighted by Gasteiger charge is -2.20. The van der Waals surface area contributed by atoms with Crippen LogP contribution in [0.4, 0.5) is 0 Å². The first-order valence-corrected chi connectivity index (χ1v) is 9.48. The number of ether oxygens (including phenoxy) is 3. The maximum absolute atomic E-state index is 5.31. The van der Waals surface area contributed by atoms with Crippen LogP contribution in [0.5, 0.6) is 17.2 Å². The summed E-state index contributed by atoms with van der Waals surface area (Å²) in [7, 11) is 5.01. The smallest absolute Gasteiger partial charge is 0.129 e. The fourth-order valence-electron chi connectivity index (χ4n) is 3.53. The van der Waals surface area contributed by atoms with E-state index in [0.717, 1.165) is 39.8 Å². The van der Waals surface area contributed by atoms with Crippen LogP contribution in [0.2, 0.25) is 0 Å². The van der Waals surface area contributed by atoms with E-state index < -0.39 is 0 Å². The van der Waals surface area contributed by atoms with Gasteiger partial charge in [-0.15, -0.1) is 0 Å². The molecule has 1 aliphatic heterocycles. The molecule has 0 saturated heterocycles. The second kappa shape index (κ2) is 8.27. The largest absolute Gasteiger partial charge is 0.497 e. The van der Waals surface area contributed by atoms with Gasteiger partial charge >= 0.3 is 0 Å². The van der Waals surface area contributed by atoms with Gasteiger partial charge in [0.15, 0.2) is 0 Å². The van der Waals surface area contributed by atoms with Crippen molar-refractivity contribution in [2.75, 3.05) is 21.3 Å². The van der Waals surface area contributed by atoms with Gasteiger partial charge in [0.25, 0.3) is 0 Å². The molecule has 0 aromatic heterocycles. The average Bonchev–Trinajstić information content (AvgIpc) is 3.24. The van der Waals surface area contributed by atoms with Crippen molar-refractivity contribution in [3.05, 3.63) is 89.5 Å². The van der Waals surface area contributed by atoms with Crippen LogP contribution < -0.4 is 19.5 Å². The zero-order valence-electron chi connectivity index (χ0n) is 16.8. The molecule has 2 atom stereocenters. The molecule has 0 unspecified atom stereocenters. The van der Waals surface area contributed by atoms with Crippen molar-refractivity contribution in [3.8, 4) is 17.2 Å². The predicted molar refractivity (Wildman–Crippen MR) is 114 cm³/mol. The Bertz CT molecular complexity index is 980.